The van der Waals surface area contributed by atoms with Crippen molar-refractivity contribution in [2.75, 3.05) is 12.3 Å². The molecule has 0 saturated carbocycles. The molecule has 5 heteroatoms. The summed E-state index contributed by atoms with van der Waals surface area (Å²) in [6.45, 7) is 2.55. The lowest BCUT2D eigenvalue weighted by atomic mass is 10.2. The zero-order chi connectivity index (χ0) is 10.7. The number of ether oxygens (including phenoxy) is 1. The van der Waals surface area contributed by atoms with E-state index >= 15 is 0 Å². The fourth-order valence-electron chi connectivity index (χ4n) is 1.34. The Labute approximate surface area is 87.5 Å². The van der Waals surface area contributed by atoms with E-state index in [9.17, 15) is 0 Å². The smallest absolute Gasteiger partial charge is 0.143 e. The molecule has 78 valence electrons. The van der Waals surface area contributed by atoms with Crippen molar-refractivity contribution >= 4 is 5.69 Å². The Hall–Kier alpha value is -2.04. The molecule has 1 aromatic carbocycles. The largest absolute Gasteiger partial charge is 0.492 e. The highest BCUT2D eigenvalue weighted by molar-refractivity contribution is 5.56. The van der Waals surface area contributed by atoms with Crippen molar-refractivity contribution in [1.82, 2.24) is 14.8 Å². The molecule has 0 saturated heterocycles. The lowest BCUT2D eigenvalue weighted by Gasteiger charge is -2.10. The summed E-state index contributed by atoms with van der Waals surface area (Å²) in [6.07, 6.45) is 3.22. The fourth-order valence-corrected chi connectivity index (χ4v) is 1.34. The van der Waals surface area contributed by atoms with E-state index in [2.05, 4.69) is 10.2 Å². The summed E-state index contributed by atoms with van der Waals surface area (Å²) < 4.78 is 7.25. The molecular formula is C10H12N4O. The first kappa shape index (κ1) is 9.51. The molecule has 0 amide bonds. The van der Waals surface area contributed by atoms with Crippen LogP contribution in [0.25, 0.3) is 5.69 Å². The van der Waals surface area contributed by atoms with Crippen LogP contribution in [0.2, 0.25) is 0 Å². The van der Waals surface area contributed by atoms with Crippen molar-refractivity contribution in [3.63, 3.8) is 0 Å². The number of aromatic nitrogens is 3. The summed E-state index contributed by atoms with van der Waals surface area (Å²) in [5.74, 6) is 0.770. The van der Waals surface area contributed by atoms with Gasteiger partial charge in [0.05, 0.1) is 12.3 Å². The molecule has 0 radical (unpaired) electrons. The van der Waals surface area contributed by atoms with Crippen molar-refractivity contribution in [3.05, 3.63) is 30.9 Å². The number of nitrogens with zero attached hydrogens (tertiary/aromatic N) is 3. The van der Waals surface area contributed by atoms with E-state index in [1.165, 1.54) is 0 Å². The predicted molar refractivity (Wildman–Crippen MR) is 56.9 cm³/mol. The average Bonchev–Trinajstić information content (AvgIpc) is 2.74. The number of hydrogen-bond donors (Lipinski definition) is 1. The van der Waals surface area contributed by atoms with E-state index in [0.717, 1.165) is 11.4 Å². The van der Waals surface area contributed by atoms with E-state index in [1.54, 1.807) is 23.3 Å². The summed E-state index contributed by atoms with van der Waals surface area (Å²) in [6, 6.07) is 5.47. The van der Waals surface area contributed by atoms with Gasteiger partial charge in [-0.05, 0) is 25.1 Å². The van der Waals surface area contributed by atoms with Crippen LogP contribution in [-0.2, 0) is 0 Å². The highest BCUT2D eigenvalue weighted by atomic mass is 16.5. The lowest BCUT2D eigenvalue weighted by Crippen LogP contribution is -2.00. The minimum atomic E-state index is 0.610. The third-order valence-electron chi connectivity index (χ3n) is 1.98. The molecule has 5 nitrogen and oxygen atoms in total. The lowest BCUT2D eigenvalue weighted by molar-refractivity contribution is 0.339. The van der Waals surface area contributed by atoms with Crippen LogP contribution >= 0.6 is 0 Å². The second-order valence-electron chi connectivity index (χ2n) is 3.03. The first-order valence-corrected chi connectivity index (χ1v) is 4.68. The van der Waals surface area contributed by atoms with Gasteiger partial charge in [-0.2, -0.15) is 0 Å². The number of hydrogen-bond acceptors (Lipinski definition) is 4. The molecule has 0 bridgehead atoms. The van der Waals surface area contributed by atoms with Crippen LogP contribution in [0.15, 0.2) is 30.9 Å². The van der Waals surface area contributed by atoms with Crippen LogP contribution < -0.4 is 10.5 Å². The van der Waals surface area contributed by atoms with Gasteiger partial charge in [-0.1, -0.05) is 0 Å². The first-order valence-electron chi connectivity index (χ1n) is 4.68. The normalized spacial score (nSPS) is 10.2. The highest BCUT2D eigenvalue weighted by Crippen LogP contribution is 2.24. The number of nitrogens with two attached hydrogens (primary N) is 1. The van der Waals surface area contributed by atoms with Crippen LogP contribution in [0.3, 0.4) is 0 Å². The Bertz CT molecular complexity index is 439. The highest BCUT2D eigenvalue weighted by Gasteiger charge is 2.05. The minimum absolute atomic E-state index is 0.610. The second-order valence-corrected chi connectivity index (χ2v) is 3.03. The van der Waals surface area contributed by atoms with E-state index in [0.29, 0.717) is 12.3 Å². The molecule has 0 aliphatic carbocycles. The standard InChI is InChI=1S/C10H12N4O/c1-2-15-10-4-3-8(11)5-9(10)14-6-12-13-7-14/h3-7H,2,11H2,1H3. The first-order chi connectivity index (χ1) is 7.31. The molecule has 2 N–H and O–H groups in total. The van der Waals surface area contributed by atoms with E-state index < -0.39 is 0 Å². The minimum Gasteiger partial charge on any atom is -0.492 e. The second kappa shape index (κ2) is 4.00. The van der Waals surface area contributed by atoms with Gasteiger partial charge in [0.1, 0.15) is 18.4 Å². The maximum atomic E-state index is 5.72. The SMILES string of the molecule is CCOc1ccc(N)cc1-n1cnnc1. The molecule has 1 heterocycles. The molecule has 0 aliphatic rings. The molecule has 0 unspecified atom stereocenters. The van der Waals surface area contributed by atoms with Gasteiger partial charge in [0.2, 0.25) is 0 Å². The number of benzene rings is 1. The van der Waals surface area contributed by atoms with Gasteiger partial charge in [0.25, 0.3) is 0 Å². The van der Waals surface area contributed by atoms with Crippen LogP contribution in [-0.4, -0.2) is 21.4 Å². The average molecular weight is 204 g/mol. The molecule has 15 heavy (non-hydrogen) atoms. The molecule has 0 atom stereocenters. The van der Waals surface area contributed by atoms with Gasteiger partial charge in [-0.3, -0.25) is 4.57 Å². The zero-order valence-electron chi connectivity index (χ0n) is 8.42. The molecule has 2 rings (SSSR count). The van der Waals surface area contributed by atoms with Crippen molar-refractivity contribution in [3.8, 4) is 11.4 Å². The summed E-state index contributed by atoms with van der Waals surface area (Å²) in [4.78, 5) is 0. The van der Waals surface area contributed by atoms with Gasteiger partial charge in [0, 0.05) is 5.69 Å². The Morgan fingerprint density at radius 1 is 1.33 bits per heavy atom. The molecular weight excluding hydrogens is 192 g/mol. The van der Waals surface area contributed by atoms with Gasteiger partial charge in [-0.15, -0.1) is 10.2 Å². The van der Waals surface area contributed by atoms with E-state index in [1.807, 2.05) is 19.1 Å². The summed E-state index contributed by atoms with van der Waals surface area (Å²) in [5.41, 5.74) is 7.25. The van der Waals surface area contributed by atoms with Crippen LogP contribution in [0.1, 0.15) is 6.92 Å². The van der Waals surface area contributed by atoms with Crippen LogP contribution in [0.5, 0.6) is 5.75 Å². The van der Waals surface area contributed by atoms with Gasteiger partial charge in [-0.25, -0.2) is 0 Å². The number of anilines is 1. The third-order valence-corrected chi connectivity index (χ3v) is 1.98. The van der Waals surface area contributed by atoms with Crippen molar-refractivity contribution in [1.29, 1.82) is 0 Å². The summed E-state index contributed by atoms with van der Waals surface area (Å²) >= 11 is 0. The zero-order valence-corrected chi connectivity index (χ0v) is 8.42. The number of rotatable bonds is 3. The summed E-state index contributed by atoms with van der Waals surface area (Å²) in [5, 5.41) is 7.49. The van der Waals surface area contributed by atoms with Crippen molar-refractivity contribution in [2.45, 2.75) is 6.92 Å². The Kier molecular flexibility index (Phi) is 2.53. The van der Waals surface area contributed by atoms with Gasteiger partial charge >= 0.3 is 0 Å². The Morgan fingerprint density at radius 2 is 2.07 bits per heavy atom. The molecule has 0 fully saturated rings. The summed E-state index contributed by atoms with van der Waals surface area (Å²) in [7, 11) is 0. The van der Waals surface area contributed by atoms with Gasteiger partial charge < -0.3 is 10.5 Å². The Morgan fingerprint density at radius 3 is 2.73 bits per heavy atom. The predicted octanol–water partition coefficient (Wildman–Crippen LogP) is 1.25. The molecule has 0 aliphatic heterocycles. The Balaban J connectivity index is 2.47. The van der Waals surface area contributed by atoms with E-state index in [-0.39, 0.29) is 0 Å². The van der Waals surface area contributed by atoms with Crippen LogP contribution in [0, 0.1) is 0 Å². The molecule has 0 spiro atoms. The molecule has 2 aromatic rings. The number of nitrogen functional groups attached to an aromatic ring is 1. The van der Waals surface area contributed by atoms with Crippen LogP contribution in [0.4, 0.5) is 5.69 Å². The topological polar surface area (TPSA) is 66.0 Å². The third kappa shape index (κ3) is 1.90. The van der Waals surface area contributed by atoms with Crippen molar-refractivity contribution in [2.24, 2.45) is 0 Å². The monoisotopic (exact) mass is 204 g/mol. The fraction of sp³-hybridized carbons (Fsp3) is 0.200. The quantitative estimate of drug-likeness (QED) is 0.764. The maximum Gasteiger partial charge on any atom is 0.143 e. The van der Waals surface area contributed by atoms with Gasteiger partial charge in [0.15, 0.2) is 0 Å². The van der Waals surface area contributed by atoms with E-state index in [4.69, 9.17) is 10.5 Å². The maximum absolute atomic E-state index is 5.72. The molecule has 1 aromatic heterocycles. The van der Waals surface area contributed by atoms with Crippen molar-refractivity contribution < 1.29 is 4.74 Å².